The zero-order valence-electron chi connectivity index (χ0n) is 35.2. The third-order valence-electron chi connectivity index (χ3n) is 10.6. The smallest absolute Gasteiger partial charge is 0.265 e. The first-order chi connectivity index (χ1) is 28.8. The Morgan fingerprint density at radius 1 is 0.917 bits per heavy atom. The van der Waals surface area contributed by atoms with Crippen molar-refractivity contribution in [2.75, 3.05) is 67.4 Å². The highest BCUT2D eigenvalue weighted by Gasteiger charge is 2.45. The van der Waals surface area contributed by atoms with Gasteiger partial charge in [0.05, 0.1) is 21.8 Å². The van der Waals surface area contributed by atoms with Crippen LogP contribution in [0.15, 0.2) is 66.7 Å². The van der Waals surface area contributed by atoms with Crippen molar-refractivity contribution in [2.45, 2.75) is 59.8 Å². The summed E-state index contributed by atoms with van der Waals surface area (Å²) in [7, 11) is 3.75. The van der Waals surface area contributed by atoms with Gasteiger partial charge in [0.1, 0.15) is 23.7 Å². The predicted octanol–water partition coefficient (Wildman–Crippen LogP) is 9.98. The Kier molecular flexibility index (Phi) is 15.6. The molecule has 2 aromatic heterocycles. The maximum Gasteiger partial charge on any atom is 0.265 e. The molecule has 0 atom stereocenters. The number of hydrogen-bond donors (Lipinski definition) is 2. The number of halogens is 3. The molecule has 8 rings (SSSR count). The number of nitrogens with one attached hydrogen (secondary N) is 2. The van der Waals surface area contributed by atoms with Crippen molar-refractivity contribution in [3.63, 3.8) is 0 Å². The van der Waals surface area contributed by atoms with E-state index in [-0.39, 0.29) is 17.4 Å². The minimum absolute atomic E-state index is 0.00204. The molecule has 2 fully saturated rings. The van der Waals surface area contributed by atoms with Crippen molar-refractivity contribution >= 4 is 52.7 Å². The largest absolute Gasteiger partial charge is 0.388 e. The quantitative estimate of drug-likeness (QED) is 0.155. The molecule has 0 unspecified atom stereocenters. The number of carbonyl (C=O) groups is 3. The molecule has 0 bridgehead atoms. The summed E-state index contributed by atoms with van der Waals surface area (Å²) in [4.78, 5) is 39.7. The number of aromatic nitrogens is 2. The second-order valence-electron chi connectivity index (χ2n) is 15.1. The van der Waals surface area contributed by atoms with E-state index in [1.807, 2.05) is 65.7 Å². The van der Waals surface area contributed by atoms with E-state index >= 15 is 0 Å². The zero-order chi connectivity index (χ0) is 43.6. The topological polar surface area (TPSA) is 117 Å². The van der Waals surface area contributed by atoms with Crippen LogP contribution in [0.3, 0.4) is 0 Å². The standard InChI is InChI=1S/C23H21F3N2OS.C13H17N3O2.C8H9NO.C2H6/c1-12(2)17-9-15(25)10-18(26)21(17)27-23(29)20-8-13-6-7-28(3)19-11-14(24)4-5-16(19)22(13)30-20;1-10-6-11(7-17)12(15-14-10)16-8-13(9-16)2-4-18-5-3-13;1-9-8-4-2-7(6-10)3-5-8;1-2/h4-5,8-12H,6-7H2,1-3H3,(H,27,29);6-7H,2-5,8-9H2,1H3;2-6,9H,1H3;1-2H3. The van der Waals surface area contributed by atoms with Crippen LogP contribution in [0.2, 0.25) is 0 Å². The SMILES string of the molecule is CC.CC(C)c1cc(F)cc(F)c1NC(=O)c1cc2c(s1)-c1ccc(F)cc1N(C)CC2.CNc1ccc(C=O)cc1.Cc1cc(C=O)c(N2CC3(CCOCC3)C2)nn1. The highest BCUT2D eigenvalue weighted by molar-refractivity contribution is 7.17. The highest BCUT2D eigenvalue weighted by atomic mass is 32.1. The fourth-order valence-corrected chi connectivity index (χ4v) is 8.47. The number of carbonyl (C=O) groups excluding carboxylic acids is 3. The van der Waals surface area contributed by atoms with Gasteiger partial charge in [-0.2, -0.15) is 5.10 Å². The number of fused-ring (bicyclic) bond motifs is 3. The predicted molar refractivity (Wildman–Crippen MR) is 235 cm³/mol. The summed E-state index contributed by atoms with van der Waals surface area (Å²) in [6.07, 6.45) is 4.62. The molecule has 2 saturated heterocycles. The second kappa shape index (κ2) is 20.6. The van der Waals surface area contributed by atoms with Gasteiger partial charge in [-0.1, -0.05) is 27.7 Å². The Morgan fingerprint density at radius 3 is 2.25 bits per heavy atom. The monoisotopic (exact) mass is 842 g/mol. The normalized spacial score (nSPS) is 14.7. The van der Waals surface area contributed by atoms with Crippen LogP contribution in [0.25, 0.3) is 10.4 Å². The third kappa shape index (κ3) is 10.8. The summed E-state index contributed by atoms with van der Waals surface area (Å²) in [6.45, 7) is 13.8. The summed E-state index contributed by atoms with van der Waals surface area (Å²) in [5.41, 5.74) is 6.57. The second-order valence-corrected chi connectivity index (χ2v) is 16.2. The fourth-order valence-electron chi connectivity index (χ4n) is 7.33. The number of aldehydes is 2. The Bertz CT molecular complexity index is 2270. The molecule has 0 saturated carbocycles. The summed E-state index contributed by atoms with van der Waals surface area (Å²) >= 11 is 1.29. The highest BCUT2D eigenvalue weighted by Crippen LogP contribution is 2.43. The first-order valence-electron chi connectivity index (χ1n) is 20.1. The maximum atomic E-state index is 14.4. The number of aryl methyl sites for hydroxylation is 1. The Labute approximate surface area is 354 Å². The molecule has 3 aliphatic heterocycles. The number of anilines is 4. The molecule has 0 radical (unpaired) electrons. The number of likely N-dealkylation sites (N-methyl/N-ethyl adjacent to an activating group) is 1. The van der Waals surface area contributed by atoms with Crippen molar-refractivity contribution < 1.29 is 32.3 Å². The van der Waals surface area contributed by atoms with E-state index in [9.17, 15) is 27.6 Å². The fraction of sp³-hybridized carbons (Fsp3) is 0.370. The molecule has 1 spiro atoms. The van der Waals surface area contributed by atoms with Gasteiger partial charge in [-0.15, -0.1) is 16.4 Å². The number of hydrogen-bond acceptors (Lipinski definition) is 10. The number of benzene rings is 3. The summed E-state index contributed by atoms with van der Waals surface area (Å²) in [5, 5.41) is 13.8. The molecule has 3 aliphatic rings. The van der Waals surface area contributed by atoms with Gasteiger partial charge in [0, 0.05) is 85.8 Å². The average molecular weight is 843 g/mol. The van der Waals surface area contributed by atoms with Crippen LogP contribution in [0.1, 0.15) is 93.7 Å². The molecule has 318 valence electrons. The molecule has 2 N–H and O–H groups in total. The van der Waals surface area contributed by atoms with Crippen LogP contribution < -0.4 is 20.4 Å². The number of ether oxygens (including phenoxy) is 1. The van der Waals surface area contributed by atoms with Gasteiger partial charge in [-0.3, -0.25) is 14.4 Å². The number of nitrogens with zero attached hydrogens (tertiary/aromatic N) is 4. The summed E-state index contributed by atoms with van der Waals surface area (Å²) in [5.74, 6) is -1.67. The van der Waals surface area contributed by atoms with Gasteiger partial charge in [-0.25, -0.2) is 13.2 Å². The molecule has 14 heteroatoms. The molecule has 60 heavy (non-hydrogen) atoms. The lowest BCUT2D eigenvalue weighted by molar-refractivity contribution is -0.000551. The Balaban J connectivity index is 0.000000191. The van der Waals surface area contributed by atoms with E-state index in [0.29, 0.717) is 39.9 Å². The first kappa shape index (κ1) is 45.5. The molecule has 3 aromatic carbocycles. The van der Waals surface area contributed by atoms with E-state index < -0.39 is 17.5 Å². The lowest BCUT2D eigenvalue weighted by Crippen LogP contribution is -2.59. The van der Waals surface area contributed by atoms with E-state index in [1.165, 1.54) is 29.5 Å². The number of rotatable bonds is 7. The van der Waals surface area contributed by atoms with Crippen LogP contribution in [0, 0.1) is 29.8 Å². The lowest BCUT2D eigenvalue weighted by atomic mass is 9.73. The number of thiophene rings is 1. The van der Waals surface area contributed by atoms with E-state index in [1.54, 1.807) is 30.3 Å². The first-order valence-corrected chi connectivity index (χ1v) is 20.9. The van der Waals surface area contributed by atoms with Crippen LogP contribution in [-0.2, 0) is 11.2 Å². The molecule has 5 heterocycles. The van der Waals surface area contributed by atoms with Gasteiger partial charge in [0.25, 0.3) is 5.91 Å². The third-order valence-corrected chi connectivity index (χ3v) is 11.8. The minimum Gasteiger partial charge on any atom is -0.388 e. The average Bonchev–Trinajstić information content (AvgIpc) is 3.63. The molecular formula is C46H53F3N6O4S. The van der Waals surface area contributed by atoms with Crippen molar-refractivity contribution in [1.29, 1.82) is 0 Å². The van der Waals surface area contributed by atoms with Gasteiger partial charge in [-0.05, 0) is 104 Å². The molecule has 10 nitrogen and oxygen atoms in total. The lowest BCUT2D eigenvalue weighted by Gasteiger charge is -2.52. The van der Waals surface area contributed by atoms with Gasteiger partial charge in [0.2, 0.25) is 0 Å². The van der Waals surface area contributed by atoms with E-state index in [0.717, 1.165) is 96.7 Å². The van der Waals surface area contributed by atoms with Gasteiger partial charge < -0.3 is 25.2 Å². The van der Waals surface area contributed by atoms with Crippen LogP contribution >= 0.6 is 11.3 Å². The van der Waals surface area contributed by atoms with Crippen LogP contribution in [-0.4, -0.2) is 75.6 Å². The maximum absolute atomic E-state index is 14.4. The molecule has 1 amide bonds. The summed E-state index contributed by atoms with van der Waals surface area (Å²) < 4.78 is 47.2. The van der Waals surface area contributed by atoms with Crippen molar-refractivity contribution in [2.24, 2.45) is 5.41 Å². The molecule has 5 aromatic rings. The van der Waals surface area contributed by atoms with Crippen LogP contribution in [0.4, 0.5) is 36.1 Å². The molecular weight excluding hydrogens is 790 g/mol. The van der Waals surface area contributed by atoms with E-state index in [2.05, 4.69) is 25.7 Å². The Hall–Kier alpha value is -5.60. The van der Waals surface area contributed by atoms with Crippen LogP contribution in [0.5, 0.6) is 0 Å². The van der Waals surface area contributed by atoms with Crippen molar-refractivity contribution in [3.05, 3.63) is 117 Å². The van der Waals surface area contributed by atoms with Gasteiger partial charge in [0.15, 0.2) is 12.1 Å². The molecule has 0 aliphatic carbocycles. The Morgan fingerprint density at radius 2 is 1.62 bits per heavy atom. The van der Waals surface area contributed by atoms with Gasteiger partial charge >= 0.3 is 0 Å². The van der Waals surface area contributed by atoms with E-state index in [4.69, 9.17) is 4.74 Å². The summed E-state index contributed by atoms with van der Waals surface area (Å²) in [6, 6.07) is 17.5. The minimum atomic E-state index is -0.799. The zero-order valence-corrected chi connectivity index (χ0v) is 36.0. The number of amides is 1. The van der Waals surface area contributed by atoms with Crippen molar-refractivity contribution in [1.82, 2.24) is 10.2 Å². The van der Waals surface area contributed by atoms with Crippen molar-refractivity contribution in [3.8, 4) is 10.4 Å².